The zero-order chi connectivity index (χ0) is 15.0. The van der Waals surface area contributed by atoms with Crippen molar-refractivity contribution >= 4 is 11.7 Å². The zero-order valence-electron chi connectivity index (χ0n) is 12.6. The molecule has 1 aliphatic heterocycles. The number of anilines is 1. The fourth-order valence-corrected chi connectivity index (χ4v) is 3.39. The van der Waals surface area contributed by atoms with Crippen molar-refractivity contribution in [2.24, 2.45) is 11.7 Å². The van der Waals surface area contributed by atoms with E-state index >= 15 is 0 Å². The van der Waals surface area contributed by atoms with Crippen molar-refractivity contribution in [3.05, 3.63) is 22.9 Å². The number of nitrogen functional groups attached to an aromatic ring is 1. The Labute approximate surface area is 125 Å². The molecule has 1 aliphatic carbocycles. The Bertz CT molecular complexity index is 557. The van der Waals surface area contributed by atoms with Crippen LogP contribution < -0.4 is 10.6 Å². The van der Waals surface area contributed by atoms with E-state index in [2.05, 4.69) is 17.9 Å². The summed E-state index contributed by atoms with van der Waals surface area (Å²) in [6.45, 7) is 3.60. The third-order valence-electron chi connectivity index (χ3n) is 4.73. The minimum absolute atomic E-state index is 0.0876. The Hall–Kier alpha value is -1.62. The SMILES string of the molecule is CC1CN(c2nc3c(cc2C(=N)N)CCCC3)CCC1O. The first-order valence-electron chi connectivity index (χ1n) is 7.86. The van der Waals surface area contributed by atoms with Crippen molar-refractivity contribution in [3.8, 4) is 0 Å². The molecular formula is C16H24N4O. The summed E-state index contributed by atoms with van der Waals surface area (Å²) in [6.07, 6.45) is 4.95. The van der Waals surface area contributed by atoms with Crippen LogP contribution in [-0.2, 0) is 12.8 Å². The van der Waals surface area contributed by atoms with Crippen molar-refractivity contribution in [1.82, 2.24) is 4.98 Å². The van der Waals surface area contributed by atoms with E-state index in [0.717, 1.165) is 43.7 Å². The van der Waals surface area contributed by atoms with Gasteiger partial charge in [0.15, 0.2) is 0 Å². The molecule has 114 valence electrons. The molecule has 0 spiro atoms. The van der Waals surface area contributed by atoms with Gasteiger partial charge in [-0.25, -0.2) is 4.98 Å². The van der Waals surface area contributed by atoms with Gasteiger partial charge in [0.2, 0.25) is 0 Å². The van der Waals surface area contributed by atoms with Crippen LogP contribution in [0.15, 0.2) is 6.07 Å². The summed E-state index contributed by atoms with van der Waals surface area (Å²) < 4.78 is 0. The maximum Gasteiger partial charge on any atom is 0.139 e. The molecule has 21 heavy (non-hydrogen) atoms. The normalized spacial score (nSPS) is 25.5. The molecule has 3 rings (SSSR count). The molecule has 0 amide bonds. The lowest BCUT2D eigenvalue weighted by molar-refractivity contribution is 0.0968. The molecule has 2 aliphatic rings. The second-order valence-corrected chi connectivity index (χ2v) is 6.37. The summed E-state index contributed by atoms with van der Waals surface area (Å²) in [5, 5.41) is 17.8. The fourth-order valence-electron chi connectivity index (χ4n) is 3.39. The van der Waals surface area contributed by atoms with Gasteiger partial charge in [-0.3, -0.25) is 5.41 Å². The van der Waals surface area contributed by atoms with Gasteiger partial charge in [-0.1, -0.05) is 6.92 Å². The molecule has 2 unspecified atom stereocenters. The molecule has 2 heterocycles. The van der Waals surface area contributed by atoms with Gasteiger partial charge >= 0.3 is 0 Å². The van der Waals surface area contributed by atoms with Crippen LogP contribution in [0.3, 0.4) is 0 Å². The van der Waals surface area contributed by atoms with E-state index in [1.165, 1.54) is 24.1 Å². The summed E-state index contributed by atoms with van der Waals surface area (Å²) in [5.74, 6) is 1.14. The predicted molar refractivity (Wildman–Crippen MR) is 83.9 cm³/mol. The van der Waals surface area contributed by atoms with E-state index in [1.807, 2.05) is 0 Å². The number of aliphatic hydroxyl groups is 1. The number of hydrogen-bond donors (Lipinski definition) is 3. The Morgan fingerprint density at radius 3 is 2.90 bits per heavy atom. The van der Waals surface area contributed by atoms with E-state index in [9.17, 15) is 5.11 Å². The number of nitrogens with one attached hydrogen (secondary N) is 1. The molecule has 0 radical (unpaired) electrons. The van der Waals surface area contributed by atoms with E-state index in [1.54, 1.807) is 0 Å². The molecule has 1 saturated heterocycles. The number of aryl methyl sites for hydroxylation is 2. The Kier molecular flexibility index (Phi) is 3.85. The molecule has 2 atom stereocenters. The third-order valence-corrected chi connectivity index (χ3v) is 4.73. The van der Waals surface area contributed by atoms with Crippen LogP contribution in [0.4, 0.5) is 5.82 Å². The lowest BCUT2D eigenvalue weighted by Crippen LogP contribution is -2.43. The first-order chi connectivity index (χ1) is 10.1. The van der Waals surface area contributed by atoms with Crippen LogP contribution >= 0.6 is 0 Å². The van der Waals surface area contributed by atoms with Crippen LogP contribution in [0.5, 0.6) is 0 Å². The van der Waals surface area contributed by atoms with Crippen LogP contribution in [0, 0.1) is 11.3 Å². The van der Waals surface area contributed by atoms with E-state index in [-0.39, 0.29) is 17.9 Å². The van der Waals surface area contributed by atoms with E-state index < -0.39 is 0 Å². The van der Waals surface area contributed by atoms with Gasteiger partial charge in [-0.05, 0) is 49.7 Å². The van der Waals surface area contributed by atoms with Crippen molar-refractivity contribution in [3.63, 3.8) is 0 Å². The molecule has 5 heteroatoms. The number of aromatic nitrogens is 1. The summed E-state index contributed by atoms with van der Waals surface area (Å²) in [5.41, 5.74) is 8.95. The molecule has 1 fully saturated rings. The number of nitrogens with zero attached hydrogens (tertiary/aromatic N) is 2. The third kappa shape index (κ3) is 2.75. The summed E-state index contributed by atoms with van der Waals surface area (Å²) in [6, 6.07) is 2.06. The Morgan fingerprint density at radius 1 is 1.43 bits per heavy atom. The standard InChI is InChI=1S/C16H24N4O/c1-10-9-20(7-6-14(10)21)16-12(15(17)18)8-11-4-2-3-5-13(11)19-16/h8,10,14,21H,2-7,9H2,1H3,(H3,17,18). The average molecular weight is 288 g/mol. The van der Waals surface area contributed by atoms with Gasteiger partial charge in [-0.2, -0.15) is 0 Å². The second kappa shape index (κ2) is 5.64. The molecule has 0 bridgehead atoms. The second-order valence-electron chi connectivity index (χ2n) is 6.37. The first kappa shape index (κ1) is 14.3. The summed E-state index contributed by atoms with van der Waals surface area (Å²) >= 11 is 0. The first-order valence-corrected chi connectivity index (χ1v) is 7.86. The molecule has 0 saturated carbocycles. The Balaban J connectivity index is 1.98. The molecule has 1 aromatic heterocycles. The number of pyridine rings is 1. The highest BCUT2D eigenvalue weighted by Gasteiger charge is 2.28. The van der Waals surface area contributed by atoms with Gasteiger partial charge in [0.1, 0.15) is 11.7 Å². The number of piperidine rings is 1. The zero-order valence-corrected chi connectivity index (χ0v) is 12.6. The molecule has 5 nitrogen and oxygen atoms in total. The van der Waals surface area contributed by atoms with Gasteiger partial charge in [0.25, 0.3) is 0 Å². The van der Waals surface area contributed by atoms with Gasteiger partial charge in [-0.15, -0.1) is 0 Å². The maximum atomic E-state index is 9.90. The van der Waals surface area contributed by atoms with Crippen molar-refractivity contribution in [1.29, 1.82) is 5.41 Å². The van der Waals surface area contributed by atoms with Crippen LogP contribution in [0.1, 0.15) is 43.0 Å². The monoisotopic (exact) mass is 288 g/mol. The van der Waals surface area contributed by atoms with Gasteiger partial charge < -0.3 is 15.7 Å². The number of fused-ring (bicyclic) bond motifs is 1. The lowest BCUT2D eigenvalue weighted by atomic mass is 9.93. The largest absolute Gasteiger partial charge is 0.393 e. The quantitative estimate of drug-likeness (QED) is 0.568. The highest BCUT2D eigenvalue weighted by atomic mass is 16.3. The van der Waals surface area contributed by atoms with E-state index in [4.69, 9.17) is 16.1 Å². The highest BCUT2D eigenvalue weighted by Crippen LogP contribution is 2.29. The fraction of sp³-hybridized carbons (Fsp3) is 0.625. The minimum Gasteiger partial charge on any atom is -0.393 e. The number of aliphatic hydroxyl groups excluding tert-OH is 1. The molecular weight excluding hydrogens is 264 g/mol. The van der Waals surface area contributed by atoms with Gasteiger partial charge in [0.05, 0.1) is 11.7 Å². The molecule has 1 aromatic rings. The number of amidine groups is 1. The van der Waals surface area contributed by atoms with E-state index in [0.29, 0.717) is 0 Å². The number of rotatable bonds is 2. The topological polar surface area (TPSA) is 86.2 Å². The van der Waals surface area contributed by atoms with Crippen LogP contribution in [-0.4, -0.2) is 35.1 Å². The van der Waals surface area contributed by atoms with Crippen molar-refractivity contribution < 1.29 is 5.11 Å². The molecule has 4 N–H and O–H groups in total. The summed E-state index contributed by atoms with van der Waals surface area (Å²) in [7, 11) is 0. The lowest BCUT2D eigenvalue weighted by Gasteiger charge is -2.36. The smallest absolute Gasteiger partial charge is 0.139 e. The van der Waals surface area contributed by atoms with Crippen molar-refractivity contribution in [2.75, 3.05) is 18.0 Å². The van der Waals surface area contributed by atoms with Crippen molar-refractivity contribution in [2.45, 2.75) is 45.1 Å². The van der Waals surface area contributed by atoms with Gasteiger partial charge in [0, 0.05) is 18.8 Å². The predicted octanol–water partition coefficient (Wildman–Crippen LogP) is 1.45. The highest BCUT2D eigenvalue weighted by molar-refractivity contribution is 6.00. The number of nitrogens with two attached hydrogens (primary N) is 1. The van der Waals surface area contributed by atoms with Crippen LogP contribution in [0.25, 0.3) is 0 Å². The average Bonchev–Trinajstić information content (AvgIpc) is 2.48. The Morgan fingerprint density at radius 2 is 2.19 bits per heavy atom. The molecule has 0 aromatic carbocycles. The van der Waals surface area contributed by atoms with Crippen LogP contribution in [0.2, 0.25) is 0 Å². The minimum atomic E-state index is -0.236. The number of hydrogen-bond acceptors (Lipinski definition) is 4. The summed E-state index contributed by atoms with van der Waals surface area (Å²) in [4.78, 5) is 7.02. The maximum absolute atomic E-state index is 9.90.